The third-order valence-corrected chi connectivity index (χ3v) is 4.92. The van der Waals surface area contributed by atoms with Crippen LogP contribution >= 0.6 is 0 Å². The number of benzene rings is 2. The molecule has 0 unspecified atom stereocenters. The minimum absolute atomic E-state index is 0.166. The van der Waals surface area contributed by atoms with E-state index in [1.165, 1.54) is 4.31 Å². The van der Waals surface area contributed by atoms with Crippen LogP contribution in [-0.4, -0.2) is 19.3 Å². The molecule has 0 aromatic heterocycles. The van der Waals surface area contributed by atoms with Gasteiger partial charge in [0.25, 0.3) is 0 Å². The Morgan fingerprint density at radius 2 is 1.52 bits per heavy atom. The van der Waals surface area contributed by atoms with Gasteiger partial charge in [-0.05, 0) is 17.7 Å². The van der Waals surface area contributed by atoms with Crippen molar-refractivity contribution in [3.63, 3.8) is 0 Å². The van der Waals surface area contributed by atoms with E-state index < -0.39 is 10.0 Å². The fourth-order valence-electron chi connectivity index (χ4n) is 1.99. The first-order chi connectivity index (χ1) is 10.1. The second-order valence-electron chi connectivity index (χ2n) is 4.55. The lowest BCUT2D eigenvalue weighted by molar-refractivity contribution is 0.413. The Kier molecular flexibility index (Phi) is 5.09. The topological polar surface area (TPSA) is 61.2 Å². The summed E-state index contributed by atoms with van der Waals surface area (Å²) in [4.78, 5) is 0.249. The van der Waals surface area contributed by atoms with Crippen LogP contribution < -0.4 is 0 Å². The van der Waals surface area contributed by atoms with Gasteiger partial charge in [-0.15, -0.1) is 0 Å². The normalized spacial score (nSPS) is 11.2. The molecule has 4 nitrogen and oxygen atoms in total. The van der Waals surface area contributed by atoms with Gasteiger partial charge in [0.1, 0.15) is 0 Å². The molecule has 0 radical (unpaired) electrons. The largest absolute Gasteiger partial charge is 0.243 e. The summed E-state index contributed by atoms with van der Waals surface area (Å²) >= 11 is 0. The van der Waals surface area contributed by atoms with E-state index in [0.717, 1.165) is 5.56 Å². The van der Waals surface area contributed by atoms with Gasteiger partial charge in [0.15, 0.2) is 0 Å². The highest BCUT2D eigenvalue weighted by atomic mass is 32.2. The van der Waals surface area contributed by atoms with Crippen LogP contribution in [-0.2, 0) is 16.6 Å². The first kappa shape index (κ1) is 15.2. The highest BCUT2D eigenvalue weighted by Gasteiger charge is 2.23. The fraction of sp³-hybridized carbons (Fsp3) is 0.188. The van der Waals surface area contributed by atoms with E-state index >= 15 is 0 Å². The van der Waals surface area contributed by atoms with E-state index in [0.29, 0.717) is 0 Å². The lowest BCUT2D eigenvalue weighted by atomic mass is 10.2. The van der Waals surface area contributed by atoms with Crippen molar-refractivity contribution >= 4 is 10.0 Å². The second kappa shape index (κ2) is 7.02. The average Bonchev–Trinajstić information content (AvgIpc) is 2.53. The molecule has 2 rings (SSSR count). The minimum Gasteiger partial charge on any atom is -0.207 e. The van der Waals surface area contributed by atoms with Gasteiger partial charge in [-0.2, -0.15) is 9.57 Å². The van der Waals surface area contributed by atoms with Gasteiger partial charge in [0.2, 0.25) is 10.0 Å². The molecule has 0 aliphatic rings. The molecule has 2 aromatic carbocycles. The molecular formula is C16H16N2O2S. The zero-order chi connectivity index (χ0) is 15.1. The fourth-order valence-corrected chi connectivity index (χ4v) is 3.44. The van der Waals surface area contributed by atoms with Gasteiger partial charge in [-0.1, -0.05) is 48.5 Å². The first-order valence-corrected chi connectivity index (χ1v) is 8.04. The summed E-state index contributed by atoms with van der Waals surface area (Å²) < 4.78 is 26.7. The van der Waals surface area contributed by atoms with E-state index in [2.05, 4.69) is 0 Å². The van der Waals surface area contributed by atoms with Crippen LogP contribution in [0.3, 0.4) is 0 Å². The zero-order valence-electron chi connectivity index (χ0n) is 11.5. The molecule has 0 saturated heterocycles. The predicted octanol–water partition coefficient (Wildman–Crippen LogP) is 2.79. The number of hydrogen-bond acceptors (Lipinski definition) is 3. The van der Waals surface area contributed by atoms with Crippen LogP contribution in [0.25, 0.3) is 0 Å². The summed E-state index contributed by atoms with van der Waals surface area (Å²) in [5, 5.41) is 8.75. The SMILES string of the molecule is N#CCCN(Cc1ccccc1)S(=O)(=O)c1ccccc1. The number of nitriles is 1. The maximum absolute atomic E-state index is 12.7. The summed E-state index contributed by atoms with van der Waals surface area (Å²) in [6, 6.07) is 19.7. The van der Waals surface area contributed by atoms with Crippen molar-refractivity contribution in [3.05, 3.63) is 66.2 Å². The van der Waals surface area contributed by atoms with Gasteiger partial charge in [-0.3, -0.25) is 0 Å². The van der Waals surface area contributed by atoms with Crippen molar-refractivity contribution in [2.45, 2.75) is 17.9 Å². The van der Waals surface area contributed by atoms with Crippen molar-refractivity contribution in [3.8, 4) is 6.07 Å². The molecule has 0 aliphatic heterocycles. The smallest absolute Gasteiger partial charge is 0.207 e. The zero-order valence-corrected chi connectivity index (χ0v) is 12.3. The van der Waals surface area contributed by atoms with Crippen LogP contribution in [0, 0.1) is 11.3 Å². The van der Waals surface area contributed by atoms with Crippen molar-refractivity contribution in [1.29, 1.82) is 5.26 Å². The van der Waals surface area contributed by atoms with Crippen LogP contribution in [0.4, 0.5) is 0 Å². The Bertz CT molecular complexity index is 707. The molecule has 0 heterocycles. The Morgan fingerprint density at radius 1 is 0.952 bits per heavy atom. The molecule has 0 spiro atoms. The van der Waals surface area contributed by atoms with Gasteiger partial charge < -0.3 is 0 Å². The van der Waals surface area contributed by atoms with Crippen LogP contribution in [0.2, 0.25) is 0 Å². The Morgan fingerprint density at radius 3 is 2.10 bits per heavy atom. The molecular weight excluding hydrogens is 284 g/mol. The van der Waals surface area contributed by atoms with Gasteiger partial charge in [0.05, 0.1) is 11.0 Å². The van der Waals surface area contributed by atoms with E-state index in [1.54, 1.807) is 30.3 Å². The predicted molar refractivity (Wildman–Crippen MR) is 80.7 cm³/mol. The molecule has 0 saturated carbocycles. The van der Waals surface area contributed by atoms with Gasteiger partial charge >= 0.3 is 0 Å². The van der Waals surface area contributed by atoms with E-state index in [-0.39, 0.29) is 24.4 Å². The van der Waals surface area contributed by atoms with E-state index in [4.69, 9.17) is 5.26 Å². The Labute approximate surface area is 125 Å². The average molecular weight is 300 g/mol. The summed E-state index contributed by atoms with van der Waals surface area (Å²) in [7, 11) is -3.59. The molecule has 2 aromatic rings. The molecule has 21 heavy (non-hydrogen) atoms. The standard InChI is InChI=1S/C16H16N2O2S/c17-12-7-13-18(14-15-8-3-1-4-9-15)21(19,20)16-10-5-2-6-11-16/h1-6,8-11H,7,13-14H2. The first-order valence-electron chi connectivity index (χ1n) is 6.60. The maximum atomic E-state index is 12.7. The monoisotopic (exact) mass is 300 g/mol. The molecule has 0 bridgehead atoms. The molecule has 0 fully saturated rings. The summed E-state index contributed by atoms with van der Waals surface area (Å²) in [5.41, 5.74) is 0.898. The van der Waals surface area contributed by atoms with E-state index in [9.17, 15) is 8.42 Å². The Balaban J connectivity index is 2.30. The van der Waals surface area contributed by atoms with Crippen molar-refractivity contribution in [2.75, 3.05) is 6.54 Å². The third-order valence-electron chi connectivity index (χ3n) is 3.06. The van der Waals surface area contributed by atoms with E-state index in [1.807, 2.05) is 36.4 Å². The molecule has 0 atom stereocenters. The maximum Gasteiger partial charge on any atom is 0.243 e. The number of hydrogen-bond donors (Lipinski definition) is 0. The summed E-state index contributed by atoms with van der Waals surface area (Å²) in [5.74, 6) is 0. The number of nitrogens with zero attached hydrogens (tertiary/aromatic N) is 2. The molecule has 0 N–H and O–H groups in total. The van der Waals surface area contributed by atoms with Crippen LogP contribution in [0.5, 0.6) is 0 Å². The molecule has 0 aliphatic carbocycles. The van der Waals surface area contributed by atoms with Crippen molar-refractivity contribution < 1.29 is 8.42 Å². The summed E-state index contributed by atoms with van der Waals surface area (Å²) in [6.07, 6.45) is 0.166. The highest BCUT2D eigenvalue weighted by molar-refractivity contribution is 7.89. The van der Waals surface area contributed by atoms with Crippen molar-refractivity contribution in [2.24, 2.45) is 0 Å². The minimum atomic E-state index is -3.59. The molecule has 108 valence electrons. The molecule has 0 amide bonds. The van der Waals surface area contributed by atoms with Gasteiger partial charge in [-0.25, -0.2) is 8.42 Å². The Hall–Kier alpha value is -2.16. The third kappa shape index (κ3) is 3.91. The lowest BCUT2D eigenvalue weighted by Crippen LogP contribution is -2.31. The lowest BCUT2D eigenvalue weighted by Gasteiger charge is -2.21. The second-order valence-corrected chi connectivity index (χ2v) is 6.48. The number of sulfonamides is 1. The molecule has 5 heteroatoms. The number of rotatable bonds is 6. The summed E-state index contributed by atoms with van der Waals surface area (Å²) in [6.45, 7) is 0.447. The van der Waals surface area contributed by atoms with Crippen LogP contribution in [0.15, 0.2) is 65.6 Å². The quantitative estimate of drug-likeness (QED) is 0.824. The van der Waals surface area contributed by atoms with Gasteiger partial charge in [0, 0.05) is 19.5 Å². The van der Waals surface area contributed by atoms with Crippen LogP contribution in [0.1, 0.15) is 12.0 Å². The van der Waals surface area contributed by atoms with Crippen molar-refractivity contribution in [1.82, 2.24) is 4.31 Å². The highest BCUT2D eigenvalue weighted by Crippen LogP contribution is 2.18.